The predicted molar refractivity (Wildman–Crippen MR) is 75.0 cm³/mol. The molecule has 0 heterocycles. The molecule has 0 radical (unpaired) electrons. The zero-order chi connectivity index (χ0) is 15.1. The molecule has 0 saturated heterocycles. The predicted octanol–water partition coefficient (Wildman–Crippen LogP) is 2.40. The van der Waals surface area contributed by atoms with Gasteiger partial charge in [-0.3, -0.25) is 4.55 Å². The lowest BCUT2D eigenvalue weighted by atomic mass is 10.0. The molecule has 4 N–H and O–H groups in total. The highest BCUT2D eigenvalue weighted by Gasteiger charge is 2.23. The number of nitrogens with two attached hydrogens (primary N) is 1. The van der Waals surface area contributed by atoms with Crippen molar-refractivity contribution in [2.45, 2.75) is 11.8 Å². The van der Waals surface area contributed by atoms with Gasteiger partial charge in [0.2, 0.25) is 0 Å². The Morgan fingerprint density at radius 3 is 2.50 bits per heavy atom. The lowest BCUT2D eigenvalue weighted by Crippen LogP contribution is -2.00. The molecule has 0 aliphatic carbocycles. The second-order valence-electron chi connectivity index (χ2n) is 4.24. The molecule has 0 atom stereocenters. The number of benzene rings is 2. The molecule has 0 spiro atoms. The minimum atomic E-state index is -4.55. The van der Waals surface area contributed by atoms with E-state index in [1.807, 2.05) is 0 Å². The number of anilines is 1. The molecule has 2 aromatic carbocycles. The van der Waals surface area contributed by atoms with Crippen LogP contribution in [-0.4, -0.2) is 25.1 Å². The number of nitrogens with zero attached hydrogens (tertiary/aromatic N) is 2. The van der Waals surface area contributed by atoms with Gasteiger partial charge in [0.25, 0.3) is 10.1 Å². The van der Waals surface area contributed by atoms with Crippen molar-refractivity contribution in [2.75, 3.05) is 12.8 Å². The largest absolute Gasteiger partial charge is 0.505 e. The molecule has 0 bridgehead atoms. The lowest BCUT2D eigenvalue weighted by molar-refractivity contribution is 0.472. The van der Waals surface area contributed by atoms with Crippen molar-refractivity contribution in [3.63, 3.8) is 0 Å². The van der Waals surface area contributed by atoms with Gasteiger partial charge in [-0.05, 0) is 23.9 Å². The van der Waals surface area contributed by atoms with Crippen LogP contribution in [0.3, 0.4) is 0 Å². The topological polar surface area (TPSA) is 125 Å². The van der Waals surface area contributed by atoms with Crippen molar-refractivity contribution < 1.29 is 18.1 Å². The second kappa shape index (κ2) is 4.73. The summed E-state index contributed by atoms with van der Waals surface area (Å²) in [7, 11) is -3.23. The number of hydrogen-bond donors (Lipinski definition) is 3. The molecule has 2 aromatic rings. The highest BCUT2D eigenvalue weighted by Crippen LogP contribution is 2.43. The molecule has 0 aliphatic rings. The third-order valence-electron chi connectivity index (χ3n) is 2.95. The van der Waals surface area contributed by atoms with Crippen molar-refractivity contribution in [1.29, 1.82) is 0 Å². The van der Waals surface area contributed by atoms with E-state index in [0.717, 1.165) is 5.56 Å². The molecule has 0 aliphatic heterocycles. The molecule has 2 rings (SSSR count). The first-order valence-electron chi connectivity index (χ1n) is 5.59. The molecule has 0 fully saturated rings. The molecular formula is C12H13N3O4S. The number of nitrogen functional groups attached to an aromatic ring is 1. The van der Waals surface area contributed by atoms with Crippen LogP contribution in [0.25, 0.3) is 10.8 Å². The lowest BCUT2D eigenvalue weighted by Gasteiger charge is -2.11. The van der Waals surface area contributed by atoms with Gasteiger partial charge in [0.05, 0.1) is 0 Å². The molecule has 0 aromatic heterocycles. The van der Waals surface area contributed by atoms with E-state index < -0.39 is 20.8 Å². The zero-order valence-corrected chi connectivity index (χ0v) is 11.6. The summed E-state index contributed by atoms with van der Waals surface area (Å²) in [5, 5.41) is 17.9. The first-order valence-corrected chi connectivity index (χ1v) is 7.03. The van der Waals surface area contributed by atoms with Gasteiger partial charge in [0.1, 0.15) is 10.6 Å². The first kappa shape index (κ1) is 14.2. The quantitative estimate of drug-likeness (QED) is 0.445. The van der Waals surface area contributed by atoms with E-state index in [2.05, 4.69) is 10.2 Å². The van der Waals surface area contributed by atoms with Gasteiger partial charge >= 0.3 is 0 Å². The molecule has 106 valence electrons. The maximum Gasteiger partial charge on any atom is 0.296 e. The molecule has 20 heavy (non-hydrogen) atoms. The van der Waals surface area contributed by atoms with E-state index >= 15 is 0 Å². The third-order valence-corrected chi connectivity index (χ3v) is 3.82. The van der Waals surface area contributed by atoms with E-state index in [1.54, 1.807) is 19.1 Å². The Bertz CT molecular complexity index is 828. The number of aromatic hydroxyl groups is 1. The van der Waals surface area contributed by atoms with Crippen molar-refractivity contribution in [2.24, 2.45) is 10.2 Å². The first-order chi connectivity index (χ1) is 9.27. The zero-order valence-electron chi connectivity index (χ0n) is 10.8. The summed E-state index contributed by atoms with van der Waals surface area (Å²) in [6.45, 7) is 1.76. The Morgan fingerprint density at radius 1 is 1.30 bits per heavy atom. The fourth-order valence-corrected chi connectivity index (χ4v) is 2.62. The summed E-state index contributed by atoms with van der Waals surface area (Å²) in [5.41, 5.74) is 6.61. The van der Waals surface area contributed by atoms with E-state index in [1.165, 1.54) is 13.1 Å². The number of fused-ring (bicyclic) bond motifs is 1. The Morgan fingerprint density at radius 2 is 1.95 bits per heavy atom. The maximum absolute atomic E-state index is 11.4. The van der Waals surface area contributed by atoms with Gasteiger partial charge in [-0.15, -0.1) is 0 Å². The molecule has 0 unspecified atom stereocenters. The van der Waals surface area contributed by atoms with Crippen LogP contribution in [0.5, 0.6) is 5.75 Å². The van der Waals surface area contributed by atoms with Crippen LogP contribution in [0.1, 0.15) is 5.56 Å². The highest BCUT2D eigenvalue weighted by atomic mass is 32.2. The van der Waals surface area contributed by atoms with Crippen molar-refractivity contribution >= 4 is 32.3 Å². The van der Waals surface area contributed by atoms with Crippen LogP contribution in [0, 0.1) is 6.92 Å². The molecule has 0 saturated carbocycles. The van der Waals surface area contributed by atoms with Crippen molar-refractivity contribution in [1.82, 2.24) is 0 Å². The van der Waals surface area contributed by atoms with E-state index in [9.17, 15) is 18.1 Å². The van der Waals surface area contributed by atoms with Gasteiger partial charge < -0.3 is 10.8 Å². The Balaban J connectivity index is 3.05. The average Bonchev–Trinajstić information content (AvgIpc) is 2.35. The number of phenolic OH excluding ortho intramolecular Hbond substituents is 1. The average molecular weight is 295 g/mol. The van der Waals surface area contributed by atoms with Gasteiger partial charge in [-0.25, -0.2) is 0 Å². The summed E-state index contributed by atoms with van der Waals surface area (Å²) in [6.07, 6.45) is 0. The normalized spacial score (nSPS) is 12.3. The van der Waals surface area contributed by atoms with Crippen molar-refractivity contribution in [3.05, 3.63) is 23.8 Å². The number of azo groups is 1. The summed E-state index contributed by atoms with van der Waals surface area (Å²) in [5.74, 6) is -0.429. The molecule has 8 heteroatoms. The fraction of sp³-hybridized carbons (Fsp3) is 0.167. The fourth-order valence-electron chi connectivity index (χ4n) is 1.96. The van der Waals surface area contributed by atoms with Crippen LogP contribution in [-0.2, 0) is 10.1 Å². The second-order valence-corrected chi connectivity index (χ2v) is 5.63. The molecule has 0 amide bonds. The monoisotopic (exact) mass is 295 g/mol. The number of aryl methyl sites for hydroxylation is 1. The summed E-state index contributed by atoms with van der Waals surface area (Å²) in [4.78, 5) is -0.517. The number of phenols is 1. The maximum atomic E-state index is 11.4. The Labute approximate surface area is 115 Å². The van der Waals surface area contributed by atoms with Crippen molar-refractivity contribution in [3.8, 4) is 5.75 Å². The third kappa shape index (κ3) is 2.19. The standard InChI is InChI=1S/C12H13N3O4S/c1-6-3-4-7-5-8(20(17,18)19)11(15-14-2)12(16)9(7)10(6)13/h3-5,16H,13H2,1-2H3,(H,17,18,19). The minimum absolute atomic E-state index is 0.278. The smallest absolute Gasteiger partial charge is 0.296 e. The van der Waals surface area contributed by atoms with E-state index in [0.29, 0.717) is 11.1 Å². The summed E-state index contributed by atoms with van der Waals surface area (Å²) in [6, 6.07) is 4.48. The van der Waals surface area contributed by atoms with Gasteiger partial charge in [-0.2, -0.15) is 18.6 Å². The number of rotatable bonds is 2. The summed E-state index contributed by atoms with van der Waals surface area (Å²) < 4.78 is 32.0. The van der Waals surface area contributed by atoms with Gasteiger partial charge in [0, 0.05) is 18.1 Å². The van der Waals surface area contributed by atoms with E-state index in [-0.39, 0.29) is 11.1 Å². The van der Waals surface area contributed by atoms with Crippen LogP contribution in [0.15, 0.2) is 33.3 Å². The minimum Gasteiger partial charge on any atom is -0.505 e. The van der Waals surface area contributed by atoms with Crippen LogP contribution in [0.4, 0.5) is 11.4 Å². The van der Waals surface area contributed by atoms with Gasteiger partial charge in [-0.1, -0.05) is 12.1 Å². The van der Waals surface area contributed by atoms with Crippen LogP contribution >= 0.6 is 0 Å². The Kier molecular flexibility index (Phi) is 3.36. The van der Waals surface area contributed by atoms with Gasteiger partial charge in [0.15, 0.2) is 5.75 Å². The van der Waals surface area contributed by atoms with Crippen LogP contribution in [0.2, 0.25) is 0 Å². The molecular weight excluding hydrogens is 282 g/mol. The number of hydrogen-bond acceptors (Lipinski definition) is 6. The Hall–Kier alpha value is -2.19. The van der Waals surface area contributed by atoms with E-state index in [4.69, 9.17) is 5.73 Å². The summed E-state index contributed by atoms with van der Waals surface area (Å²) >= 11 is 0. The highest BCUT2D eigenvalue weighted by molar-refractivity contribution is 7.86. The molecule has 7 nitrogen and oxygen atoms in total. The SMILES string of the molecule is CN=Nc1c(S(=O)(=O)O)cc2ccc(C)c(N)c2c1O. The van der Waals surface area contributed by atoms with Crippen LogP contribution < -0.4 is 5.73 Å².